The molecule has 1 heterocycles. The van der Waals surface area contributed by atoms with Crippen molar-refractivity contribution in [2.24, 2.45) is 0 Å². The molecule has 6 heteroatoms. The first-order chi connectivity index (χ1) is 7.29. The van der Waals surface area contributed by atoms with Crippen LogP contribution in [0, 0.1) is 0 Å². The highest BCUT2D eigenvalue weighted by molar-refractivity contribution is 6.29. The van der Waals surface area contributed by atoms with Crippen LogP contribution < -0.4 is 4.90 Å². The number of halogens is 1. The second-order valence-electron chi connectivity index (χ2n) is 4.22. The van der Waals surface area contributed by atoms with Crippen LogP contribution in [0.25, 0.3) is 0 Å². The summed E-state index contributed by atoms with van der Waals surface area (Å²) in [6.45, 7) is 5.37. The Balaban J connectivity index is 2.78. The molecule has 0 aliphatic carbocycles. The molecule has 0 aliphatic rings. The molecule has 0 N–H and O–H groups in total. The highest BCUT2D eigenvalue weighted by Crippen LogP contribution is 2.14. The molecule has 88 valence electrons. The van der Waals surface area contributed by atoms with Gasteiger partial charge >= 0.3 is 6.09 Å². The van der Waals surface area contributed by atoms with Crippen molar-refractivity contribution in [2.75, 3.05) is 11.9 Å². The number of carbonyl (C=O) groups is 1. The van der Waals surface area contributed by atoms with Gasteiger partial charge in [0.15, 0.2) is 0 Å². The summed E-state index contributed by atoms with van der Waals surface area (Å²) in [6.07, 6.45) is 0.959. The molecule has 0 aromatic carbocycles. The van der Waals surface area contributed by atoms with E-state index < -0.39 is 11.7 Å². The van der Waals surface area contributed by atoms with Crippen molar-refractivity contribution in [3.8, 4) is 0 Å². The van der Waals surface area contributed by atoms with Crippen molar-refractivity contribution in [2.45, 2.75) is 26.4 Å². The highest BCUT2D eigenvalue weighted by Gasteiger charge is 2.21. The first-order valence-corrected chi connectivity index (χ1v) is 5.12. The number of ether oxygens (including phenoxy) is 1. The number of aromatic nitrogens is 2. The SMILES string of the molecule is CN(C(=O)OC(C)(C)C)c1nccc(Cl)n1. The van der Waals surface area contributed by atoms with Gasteiger partial charge in [-0.1, -0.05) is 11.6 Å². The lowest BCUT2D eigenvalue weighted by Gasteiger charge is -2.23. The smallest absolute Gasteiger partial charge is 0.416 e. The van der Waals surface area contributed by atoms with Crippen molar-refractivity contribution in [1.82, 2.24) is 9.97 Å². The Bertz CT molecular complexity index is 390. The Hall–Kier alpha value is -1.36. The van der Waals surface area contributed by atoms with Gasteiger partial charge in [0.25, 0.3) is 0 Å². The van der Waals surface area contributed by atoms with Crippen LogP contribution in [0.2, 0.25) is 5.15 Å². The molecule has 0 bridgehead atoms. The van der Waals surface area contributed by atoms with Crippen molar-refractivity contribution in [1.29, 1.82) is 0 Å². The standard InChI is InChI=1S/C10H14ClN3O2/c1-10(2,3)16-9(15)14(4)8-12-6-5-7(11)13-8/h5-6H,1-4H3. The zero-order valence-electron chi connectivity index (χ0n) is 9.69. The van der Waals surface area contributed by atoms with E-state index in [0.717, 1.165) is 0 Å². The number of nitrogens with zero attached hydrogens (tertiary/aromatic N) is 3. The first kappa shape index (κ1) is 12.7. The van der Waals surface area contributed by atoms with Gasteiger partial charge < -0.3 is 4.74 Å². The van der Waals surface area contributed by atoms with Gasteiger partial charge in [0.1, 0.15) is 10.8 Å². The molecule has 0 aliphatic heterocycles. The molecule has 0 saturated heterocycles. The molecule has 0 fully saturated rings. The van der Waals surface area contributed by atoms with Gasteiger partial charge in [-0.15, -0.1) is 0 Å². The Kier molecular flexibility index (Phi) is 3.70. The third-order valence-corrected chi connectivity index (χ3v) is 1.79. The number of rotatable bonds is 1. The predicted octanol–water partition coefficient (Wildman–Crippen LogP) is 2.50. The second kappa shape index (κ2) is 4.65. The van der Waals surface area contributed by atoms with Gasteiger partial charge in [0.2, 0.25) is 5.95 Å². The molecule has 1 amide bonds. The van der Waals surface area contributed by atoms with E-state index >= 15 is 0 Å². The average Bonchev–Trinajstić information content (AvgIpc) is 2.14. The molecule has 1 rings (SSSR count). The number of hydrogen-bond donors (Lipinski definition) is 0. The predicted molar refractivity (Wildman–Crippen MR) is 61.7 cm³/mol. The molecule has 0 unspecified atom stereocenters. The maximum atomic E-state index is 11.7. The summed E-state index contributed by atoms with van der Waals surface area (Å²) in [5.74, 6) is 0.210. The maximum absolute atomic E-state index is 11.7. The highest BCUT2D eigenvalue weighted by atomic mass is 35.5. The molecule has 16 heavy (non-hydrogen) atoms. The topological polar surface area (TPSA) is 55.3 Å². The van der Waals surface area contributed by atoms with E-state index in [1.54, 1.807) is 20.8 Å². The van der Waals surface area contributed by atoms with Crippen LogP contribution in [-0.4, -0.2) is 28.7 Å². The van der Waals surface area contributed by atoms with Gasteiger partial charge in [-0.3, -0.25) is 0 Å². The maximum Gasteiger partial charge on any atom is 0.416 e. The molecule has 1 aromatic heterocycles. The van der Waals surface area contributed by atoms with Gasteiger partial charge in [-0.2, -0.15) is 0 Å². The fourth-order valence-electron chi connectivity index (χ4n) is 0.901. The zero-order chi connectivity index (χ0) is 12.3. The summed E-state index contributed by atoms with van der Waals surface area (Å²) >= 11 is 5.70. The second-order valence-corrected chi connectivity index (χ2v) is 4.61. The lowest BCUT2D eigenvalue weighted by atomic mass is 10.2. The fourth-order valence-corrected chi connectivity index (χ4v) is 1.03. The van der Waals surface area contributed by atoms with E-state index in [1.165, 1.54) is 24.2 Å². The molecule has 1 aromatic rings. The monoisotopic (exact) mass is 243 g/mol. The molecule has 0 radical (unpaired) electrons. The molecule has 5 nitrogen and oxygen atoms in total. The van der Waals surface area contributed by atoms with Gasteiger partial charge in [-0.05, 0) is 26.8 Å². The number of anilines is 1. The minimum atomic E-state index is -0.552. The van der Waals surface area contributed by atoms with Gasteiger partial charge in [0.05, 0.1) is 0 Å². The van der Waals surface area contributed by atoms with Crippen LogP contribution in [0.15, 0.2) is 12.3 Å². The largest absolute Gasteiger partial charge is 0.443 e. The third kappa shape index (κ3) is 3.66. The van der Waals surface area contributed by atoms with Crippen LogP contribution in [-0.2, 0) is 4.74 Å². The summed E-state index contributed by atoms with van der Waals surface area (Å²) in [7, 11) is 1.53. The van der Waals surface area contributed by atoms with Crippen molar-refractivity contribution in [3.05, 3.63) is 17.4 Å². The summed E-state index contributed by atoms with van der Waals surface area (Å²) in [6, 6.07) is 1.54. The Morgan fingerprint density at radius 3 is 2.62 bits per heavy atom. The van der Waals surface area contributed by atoms with E-state index in [2.05, 4.69) is 9.97 Å². The molecular weight excluding hydrogens is 230 g/mol. The van der Waals surface area contributed by atoms with Crippen LogP contribution in [0.3, 0.4) is 0 Å². The number of amides is 1. The fraction of sp³-hybridized carbons (Fsp3) is 0.500. The summed E-state index contributed by atoms with van der Waals surface area (Å²) < 4.78 is 5.16. The van der Waals surface area contributed by atoms with E-state index in [9.17, 15) is 4.79 Å². The third-order valence-electron chi connectivity index (χ3n) is 1.58. The van der Waals surface area contributed by atoms with Crippen LogP contribution >= 0.6 is 11.6 Å². The summed E-state index contributed by atoms with van der Waals surface area (Å²) in [5, 5.41) is 0.278. The molecule has 0 spiro atoms. The summed E-state index contributed by atoms with van der Waals surface area (Å²) in [5.41, 5.74) is -0.552. The van der Waals surface area contributed by atoms with E-state index in [-0.39, 0.29) is 11.1 Å². The average molecular weight is 244 g/mol. The van der Waals surface area contributed by atoms with Crippen molar-refractivity contribution in [3.63, 3.8) is 0 Å². The number of hydrogen-bond acceptors (Lipinski definition) is 4. The van der Waals surface area contributed by atoms with Crippen LogP contribution in [0.5, 0.6) is 0 Å². The Morgan fingerprint density at radius 2 is 2.12 bits per heavy atom. The van der Waals surface area contributed by atoms with Gasteiger partial charge in [0, 0.05) is 13.2 Å². The van der Waals surface area contributed by atoms with Crippen LogP contribution in [0.1, 0.15) is 20.8 Å². The molecule has 0 saturated carbocycles. The minimum absolute atomic E-state index is 0.210. The lowest BCUT2D eigenvalue weighted by molar-refractivity contribution is 0.0587. The van der Waals surface area contributed by atoms with E-state index in [0.29, 0.717) is 0 Å². The normalized spacial score (nSPS) is 11.1. The minimum Gasteiger partial charge on any atom is -0.443 e. The van der Waals surface area contributed by atoms with E-state index in [1.807, 2.05) is 0 Å². The molecular formula is C10H14ClN3O2. The quantitative estimate of drug-likeness (QED) is 0.711. The van der Waals surface area contributed by atoms with E-state index in [4.69, 9.17) is 16.3 Å². The van der Waals surface area contributed by atoms with Crippen molar-refractivity contribution >= 4 is 23.6 Å². The Morgan fingerprint density at radius 1 is 1.50 bits per heavy atom. The molecule has 0 atom stereocenters. The van der Waals surface area contributed by atoms with Gasteiger partial charge in [-0.25, -0.2) is 19.7 Å². The Labute approximate surface area is 99.4 Å². The first-order valence-electron chi connectivity index (χ1n) is 4.75. The summed E-state index contributed by atoms with van der Waals surface area (Å²) in [4.78, 5) is 20.7. The van der Waals surface area contributed by atoms with Crippen LogP contribution in [0.4, 0.5) is 10.7 Å². The zero-order valence-corrected chi connectivity index (χ0v) is 10.4. The lowest BCUT2D eigenvalue weighted by Crippen LogP contribution is -2.35. The number of carbonyl (C=O) groups excluding carboxylic acids is 1. The van der Waals surface area contributed by atoms with Crippen molar-refractivity contribution < 1.29 is 9.53 Å².